The molecule has 1 aromatic carbocycles. The van der Waals surface area contributed by atoms with Crippen molar-refractivity contribution in [3.63, 3.8) is 0 Å². The molecule has 0 aliphatic carbocycles. The number of nitrogen functional groups attached to an aromatic ring is 1. The van der Waals surface area contributed by atoms with E-state index in [1.165, 1.54) is 30.5 Å². The highest BCUT2D eigenvalue weighted by Crippen LogP contribution is 2.36. The summed E-state index contributed by atoms with van der Waals surface area (Å²) < 4.78 is 57.4. The lowest BCUT2D eigenvalue weighted by Gasteiger charge is -2.45. The first kappa shape index (κ1) is 29.8. The van der Waals surface area contributed by atoms with E-state index in [4.69, 9.17) is 5.73 Å². The van der Waals surface area contributed by atoms with Crippen molar-refractivity contribution in [2.24, 2.45) is 0 Å². The van der Waals surface area contributed by atoms with E-state index in [0.717, 1.165) is 23.0 Å². The zero-order chi connectivity index (χ0) is 31.4. The van der Waals surface area contributed by atoms with Crippen LogP contribution < -0.4 is 16.3 Å². The van der Waals surface area contributed by atoms with Crippen LogP contribution in [-0.2, 0) is 14.6 Å². The van der Waals surface area contributed by atoms with Crippen molar-refractivity contribution in [2.45, 2.75) is 37.9 Å². The first-order chi connectivity index (χ1) is 20.2. The minimum Gasteiger partial charge on any atom is -0.398 e. The third-order valence-electron chi connectivity index (χ3n) is 7.40. The lowest BCUT2D eigenvalue weighted by molar-refractivity contribution is -0.127. The molecule has 0 unspecified atom stereocenters. The van der Waals surface area contributed by atoms with Crippen molar-refractivity contribution >= 4 is 38.3 Å². The lowest BCUT2D eigenvalue weighted by Crippen LogP contribution is -2.58. The standard InChI is InChI=1S/C29H29F2N7O4S/c1-6-22(39)36-13-16(3)37(17(4)14-36)27-18-12-20(31)24(23-19(30)8-7-9-21(23)32)34-26(18)38(29(40)35-27)25-15(2)10-11-33-28(25)43(5,41)42/h6-12,16-17H,1,13-14,32H2,2-5H3/t16-,17+. The Morgan fingerprint density at radius 3 is 2.40 bits per heavy atom. The van der Waals surface area contributed by atoms with Gasteiger partial charge < -0.3 is 15.5 Å². The average Bonchev–Trinajstić information content (AvgIpc) is 2.92. The molecule has 43 heavy (non-hydrogen) atoms. The minimum atomic E-state index is -3.97. The smallest absolute Gasteiger partial charge is 0.355 e. The molecule has 0 bridgehead atoms. The van der Waals surface area contributed by atoms with Gasteiger partial charge in [0.05, 0.1) is 16.6 Å². The SMILES string of the molecule is C=CC(=O)N1C[C@@H](C)N(c2nc(=O)n(-c3c(C)ccnc3S(C)(=O)=O)c3nc(-c4c(N)cccc4F)c(F)cc23)[C@@H](C)C1. The van der Waals surface area contributed by atoms with Gasteiger partial charge in [0.15, 0.2) is 26.3 Å². The number of fused-ring (bicyclic) bond motifs is 1. The maximum Gasteiger partial charge on any atom is 0.355 e. The molecule has 14 heteroatoms. The first-order valence-corrected chi connectivity index (χ1v) is 15.2. The summed E-state index contributed by atoms with van der Waals surface area (Å²) in [6.45, 7) is 9.30. The summed E-state index contributed by atoms with van der Waals surface area (Å²) in [4.78, 5) is 42.4. The van der Waals surface area contributed by atoms with Crippen molar-refractivity contribution in [3.05, 3.63) is 76.9 Å². The Labute approximate surface area is 246 Å². The molecule has 224 valence electrons. The van der Waals surface area contributed by atoms with Crippen LogP contribution in [0.5, 0.6) is 0 Å². The van der Waals surface area contributed by atoms with Crippen LogP contribution in [0, 0.1) is 18.6 Å². The number of halogens is 2. The lowest BCUT2D eigenvalue weighted by atomic mass is 10.0. The number of amides is 1. The minimum absolute atomic E-state index is 0.0562. The van der Waals surface area contributed by atoms with E-state index in [2.05, 4.69) is 21.5 Å². The average molecular weight is 610 g/mol. The van der Waals surface area contributed by atoms with Gasteiger partial charge in [-0.05, 0) is 56.7 Å². The molecule has 1 amide bonds. The number of anilines is 2. The number of aromatic nitrogens is 4. The van der Waals surface area contributed by atoms with Crippen LogP contribution in [0.15, 0.2) is 59.0 Å². The summed E-state index contributed by atoms with van der Waals surface area (Å²) in [7, 11) is -3.97. The summed E-state index contributed by atoms with van der Waals surface area (Å²) >= 11 is 0. The number of carbonyl (C=O) groups excluding carboxylic acids is 1. The topological polar surface area (TPSA) is 144 Å². The van der Waals surface area contributed by atoms with E-state index in [1.54, 1.807) is 16.7 Å². The van der Waals surface area contributed by atoms with Crippen LogP contribution in [-0.4, -0.2) is 70.2 Å². The van der Waals surface area contributed by atoms with Gasteiger partial charge in [-0.15, -0.1) is 0 Å². The van der Waals surface area contributed by atoms with E-state index in [1.807, 2.05) is 13.8 Å². The van der Waals surface area contributed by atoms with Crippen LogP contribution in [0.25, 0.3) is 28.0 Å². The molecule has 5 rings (SSSR count). The van der Waals surface area contributed by atoms with Crippen LogP contribution in [0.2, 0.25) is 0 Å². The van der Waals surface area contributed by atoms with Crippen LogP contribution in [0.3, 0.4) is 0 Å². The molecule has 1 aliphatic heterocycles. The van der Waals surface area contributed by atoms with Crippen molar-refractivity contribution in [2.75, 3.05) is 30.0 Å². The van der Waals surface area contributed by atoms with E-state index < -0.39 is 37.9 Å². The van der Waals surface area contributed by atoms with E-state index in [9.17, 15) is 18.0 Å². The number of benzene rings is 1. The Morgan fingerprint density at radius 2 is 1.79 bits per heavy atom. The second-order valence-electron chi connectivity index (χ2n) is 10.6. The first-order valence-electron chi connectivity index (χ1n) is 13.3. The highest BCUT2D eigenvalue weighted by Gasteiger charge is 2.35. The molecule has 11 nitrogen and oxygen atoms in total. The van der Waals surface area contributed by atoms with Crippen molar-refractivity contribution in [1.82, 2.24) is 24.4 Å². The van der Waals surface area contributed by atoms with Crippen molar-refractivity contribution < 1.29 is 22.0 Å². The number of pyridine rings is 2. The Kier molecular flexibility index (Phi) is 7.50. The third kappa shape index (κ3) is 5.11. The summed E-state index contributed by atoms with van der Waals surface area (Å²) in [5.41, 5.74) is 4.27. The van der Waals surface area contributed by atoms with Gasteiger partial charge in [-0.1, -0.05) is 12.6 Å². The molecule has 1 saturated heterocycles. The normalized spacial score (nSPS) is 17.3. The Balaban J connectivity index is 1.89. The van der Waals surface area contributed by atoms with Gasteiger partial charge in [0, 0.05) is 43.3 Å². The predicted octanol–water partition coefficient (Wildman–Crippen LogP) is 3.03. The number of rotatable bonds is 5. The molecular weight excluding hydrogens is 580 g/mol. The molecular formula is C29H29F2N7O4S. The number of nitrogens with two attached hydrogens (primary N) is 1. The van der Waals surface area contributed by atoms with Gasteiger partial charge in [0.25, 0.3) is 0 Å². The second kappa shape index (κ2) is 10.8. The summed E-state index contributed by atoms with van der Waals surface area (Å²) in [5.74, 6) is -1.96. The molecule has 4 aromatic rings. The maximum absolute atomic E-state index is 15.9. The fourth-order valence-corrected chi connectivity index (χ4v) is 6.44. The monoisotopic (exact) mass is 609 g/mol. The Bertz CT molecular complexity index is 1950. The van der Waals surface area contributed by atoms with E-state index in [-0.39, 0.29) is 64.9 Å². The zero-order valence-electron chi connectivity index (χ0n) is 23.9. The van der Waals surface area contributed by atoms with Crippen LogP contribution >= 0.6 is 0 Å². The molecule has 3 aromatic heterocycles. The second-order valence-corrected chi connectivity index (χ2v) is 12.5. The Hall–Kier alpha value is -4.72. The molecule has 2 atom stereocenters. The summed E-state index contributed by atoms with van der Waals surface area (Å²) in [6, 6.07) is 5.68. The fraction of sp³-hybridized carbons (Fsp3) is 0.276. The van der Waals surface area contributed by atoms with E-state index in [0.29, 0.717) is 5.56 Å². The molecule has 4 heterocycles. The largest absolute Gasteiger partial charge is 0.398 e. The maximum atomic E-state index is 15.9. The predicted molar refractivity (Wildman–Crippen MR) is 159 cm³/mol. The number of piperazine rings is 1. The molecule has 0 radical (unpaired) electrons. The quantitative estimate of drug-likeness (QED) is 0.267. The summed E-state index contributed by atoms with van der Waals surface area (Å²) in [5, 5.41) is -0.359. The number of nitrogens with zero attached hydrogens (tertiary/aromatic N) is 6. The van der Waals surface area contributed by atoms with Gasteiger partial charge in [-0.3, -0.25) is 4.79 Å². The molecule has 2 N–H and O–H groups in total. The van der Waals surface area contributed by atoms with Gasteiger partial charge in [0.1, 0.15) is 17.3 Å². The molecule has 0 saturated carbocycles. The molecule has 0 spiro atoms. The zero-order valence-corrected chi connectivity index (χ0v) is 24.7. The summed E-state index contributed by atoms with van der Waals surface area (Å²) in [6.07, 6.45) is 3.45. The van der Waals surface area contributed by atoms with Crippen molar-refractivity contribution in [1.29, 1.82) is 0 Å². The van der Waals surface area contributed by atoms with Gasteiger partial charge in [-0.25, -0.2) is 36.5 Å². The number of hydrogen-bond acceptors (Lipinski definition) is 9. The van der Waals surface area contributed by atoms with Crippen LogP contribution in [0.4, 0.5) is 20.3 Å². The van der Waals surface area contributed by atoms with Gasteiger partial charge in [0.2, 0.25) is 5.91 Å². The third-order valence-corrected chi connectivity index (χ3v) is 8.40. The van der Waals surface area contributed by atoms with Gasteiger partial charge >= 0.3 is 5.69 Å². The number of carbonyl (C=O) groups is 1. The van der Waals surface area contributed by atoms with E-state index >= 15 is 8.78 Å². The number of aryl methyl sites for hydroxylation is 1. The van der Waals surface area contributed by atoms with Crippen molar-refractivity contribution in [3.8, 4) is 16.9 Å². The van der Waals surface area contributed by atoms with Crippen LogP contribution in [0.1, 0.15) is 19.4 Å². The number of sulfone groups is 1. The molecule has 1 aliphatic rings. The highest BCUT2D eigenvalue weighted by molar-refractivity contribution is 7.90. The number of hydrogen-bond donors (Lipinski definition) is 1. The molecule has 1 fully saturated rings. The Morgan fingerprint density at radius 1 is 1.12 bits per heavy atom. The fourth-order valence-electron chi connectivity index (χ4n) is 5.59. The van der Waals surface area contributed by atoms with Gasteiger partial charge in [-0.2, -0.15) is 4.98 Å². The highest BCUT2D eigenvalue weighted by atomic mass is 32.2.